The second-order valence-corrected chi connectivity index (χ2v) is 4.69. The molecule has 0 unspecified atom stereocenters. The fourth-order valence-corrected chi connectivity index (χ4v) is 1.90. The number of nitrogens with zero attached hydrogens (tertiary/aromatic N) is 3. The first kappa shape index (κ1) is 12.8. The van der Waals surface area contributed by atoms with Crippen molar-refractivity contribution in [1.29, 1.82) is 5.26 Å². The summed E-state index contributed by atoms with van der Waals surface area (Å²) in [5, 5.41) is 10.1. The van der Waals surface area contributed by atoms with Crippen LogP contribution in [0, 0.1) is 25.2 Å². The molecule has 0 spiro atoms. The zero-order valence-electron chi connectivity index (χ0n) is 9.83. The van der Waals surface area contributed by atoms with Crippen molar-refractivity contribution in [2.75, 3.05) is 0 Å². The molecule has 0 atom stereocenters. The van der Waals surface area contributed by atoms with Crippen LogP contribution in [-0.4, -0.2) is 9.97 Å². The first-order valence-electron chi connectivity index (χ1n) is 5.23. The molecule has 2 rings (SSSR count). The second kappa shape index (κ2) is 4.93. The molecule has 18 heavy (non-hydrogen) atoms. The van der Waals surface area contributed by atoms with Crippen molar-refractivity contribution in [3.63, 3.8) is 0 Å². The van der Waals surface area contributed by atoms with Gasteiger partial charge in [-0.15, -0.1) is 0 Å². The zero-order chi connectivity index (χ0) is 13.3. The van der Waals surface area contributed by atoms with E-state index in [4.69, 9.17) is 28.5 Å². The number of benzene rings is 1. The Morgan fingerprint density at radius 2 is 1.89 bits per heavy atom. The van der Waals surface area contributed by atoms with Crippen LogP contribution in [0.15, 0.2) is 18.2 Å². The summed E-state index contributed by atoms with van der Waals surface area (Å²) in [6.07, 6.45) is 0. The molecule has 1 aromatic heterocycles. The molecule has 0 amide bonds. The van der Waals surface area contributed by atoms with Gasteiger partial charge in [0.2, 0.25) is 0 Å². The van der Waals surface area contributed by atoms with Gasteiger partial charge in [0.05, 0.1) is 5.02 Å². The zero-order valence-corrected chi connectivity index (χ0v) is 11.3. The van der Waals surface area contributed by atoms with Gasteiger partial charge in [-0.25, -0.2) is 9.97 Å². The lowest BCUT2D eigenvalue weighted by Crippen LogP contribution is -2.00. The molecule has 1 aromatic carbocycles. The molecule has 0 saturated carbocycles. The quantitative estimate of drug-likeness (QED) is 0.793. The first-order valence-corrected chi connectivity index (χ1v) is 5.99. The molecule has 1 heterocycles. The minimum atomic E-state index is 0.355. The number of hydrogen-bond donors (Lipinski definition) is 0. The third kappa shape index (κ3) is 2.31. The number of aryl methyl sites for hydroxylation is 1. The molecule has 0 fully saturated rings. The Balaban J connectivity index is 2.69. The molecule has 3 nitrogen and oxygen atoms in total. The van der Waals surface area contributed by atoms with Crippen LogP contribution in [-0.2, 0) is 0 Å². The Kier molecular flexibility index (Phi) is 3.51. The lowest BCUT2D eigenvalue weighted by molar-refractivity contribution is 1.05. The van der Waals surface area contributed by atoms with E-state index < -0.39 is 0 Å². The molecular weight excluding hydrogens is 269 g/mol. The number of rotatable bonds is 1. The van der Waals surface area contributed by atoms with E-state index in [9.17, 15) is 0 Å². The summed E-state index contributed by atoms with van der Waals surface area (Å²) in [4.78, 5) is 8.56. The third-order valence-electron chi connectivity index (χ3n) is 2.66. The van der Waals surface area contributed by atoms with E-state index in [0.29, 0.717) is 27.1 Å². The first-order chi connectivity index (χ1) is 8.52. The van der Waals surface area contributed by atoms with Crippen LogP contribution in [0.1, 0.15) is 17.0 Å². The molecule has 2 aromatic rings. The Hall–Kier alpha value is -1.63. The Bertz CT molecular complexity index is 660. The van der Waals surface area contributed by atoms with Crippen molar-refractivity contribution in [1.82, 2.24) is 9.97 Å². The minimum Gasteiger partial charge on any atom is -0.233 e. The number of hydrogen-bond acceptors (Lipinski definition) is 3. The lowest BCUT2D eigenvalue weighted by Gasteiger charge is -2.07. The fourth-order valence-electron chi connectivity index (χ4n) is 1.53. The number of aromatic nitrogens is 2. The largest absolute Gasteiger partial charge is 0.233 e. The highest BCUT2D eigenvalue weighted by molar-refractivity contribution is 6.35. The highest BCUT2D eigenvalue weighted by Gasteiger charge is 2.12. The lowest BCUT2D eigenvalue weighted by atomic mass is 10.1. The van der Waals surface area contributed by atoms with Gasteiger partial charge in [-0.2, -0.15) is 5.26 Å². The standard InChI is InChI=1S/C13H9Cl2N3/c1-7-8(2)17-13(18-12(7)6-16)10-5-9(14)3-4-11(10)15/h3-5H,1-2H3. The summed E-state index contributed by atoms with van der Waals surface area (Å²) >= 11 is 12.0. The van der Waals surface area contributed by atoms with E-state index in [1.54, 1.807) is 18.2 Å². The molecule has 0 aliphatic carbocycles. The summed E-state index contributed by atoms with van der Waals surface area (Å²) in [6, 6.07) is 7.12. The summed E-state index contributed by atoms with van der Waals surface area (Å²) in [5.74, 6) is 0.419. The maximum Gasteiger partial charge on any atom is 0.162 e. The van der Waals surface area contributed by atoms with Crippen LogP contribution in [0.25, 0.3) is 11.4 Å². The van der Waals surface area contributed by atoms with Crippen LogP contribution in [0.3, 0.4) is 0 Å². The number of halogens is 2. The molecule has 0 bridgehead atoms. The van der Waals surface area contributed by atoms with Crippen LogP contribution in [0.5, 0.6) is 0 Å². The molecular formula is C13H9Cl2N3. The monoisotopic (exact) mass is 277 g/mol. The van der Waals surface area contributed by atoms with E-state index in [1.165, 1.54) is 0 Å². The van der Waals surface area contributed by atoms with E-state index in [-0.39, 0.29) is 0 Å². The molecule has 0 radical (unpaired) electrons. The van der Waals surface area contributed by atoms with Gasteiger partial charge in [-0.1, -0.05) is 23.2 Å². The Morgan fingerprint density at radius 3 is 2.56 bits per heavy atom. The highest BCUT2D eigenvalue weighted by Crippen LogP contribution is 2.29. The van der Waals surface area contributed by atoms with Crippen molar-refractivity contribution < 1.29 is 0 Å². The van der Waals surface area contributed by atoms with Gasteiger partial charge < -0.3 is 0 Å². The van der Waals surface area contributed by atoms with Gasteiger partial charge >= 0.3 is 0 Å². The van der Waals surface area contributed by atoms with Crippen LogP contribution < -0.4 is 0 Å². The van der Waals surface area contributed by atoms with Crippen molar-refractivity contribution in [2.24, 2.45) is 0 Å². The van der Waals surface area contributed by atoms with Crippen LogP contribution >= 0.6 is 23.2 Å². The van der Waals surface area contributed by atoms with E-state index in [0.717, 1.165) is 11.3 Å². The van der Waals surface area contributed by atoms with Gasteiger partial charge in [-0.05, 0) is 32.0 Å². The van der Waals surface area contributed by atoms with Crippen LogP contribution in [0.2, 0.25) is 10.0 Å². The molecule has 0 aliphatic rings. The average Bonchev–Trinajstić information content (AvgIpc) is 2.35. The fraction of sp³-hybridized carbons (Fsp3) is 0.154. The third-order valence-corrected chi connectivity index (χ3v) is 3.23. The maximum atomic E-state index is 9.04. The summed E-state index contributed by atoms with van der Waals surface area (Å²) < 4.78 is 0. The van der Waals surface area contributed by atoms with E-state index in [2.05, 4.69) is 16.0 Å². The van der Waals surface area contributed by atoms with Crippen molar-refractivity contribution >= 4 is 23.2 Å². The summed E-state index contributed by atoms with van der Waals surface area (Å²) in [6.45, 7) is 3.65. The van der Waals surface area contributed by atoms with E-state index in [1.807, 2.05) is 13.8 Å². The van der Waals surface area contributed by atoms with Gasteiger partial charge in [0, 0.05) is 21.8 Å². The second-order valence-electron chi connectivity index (χ2n) is 3.84. The molecule has 0 aliphatic heterocycles. The van der Waals surface area contributed by atoms with Gasteiger partial charge in [-0.3, -0.25) is 0 Å². The minimum absolute atomic E-state index is 0.355. The Labute approximate surface area is 115 Å². The molecule has 0 saturated heterocycles. The van der Waals surface area contributed by atoms with Gasteiger partial charge in [0.25, 0.3) is 0 Å². The Morgan fingerprint density at radius 1 is 1.17 bits per heavy atom. The molecule has 90 valence electrons. The SMILES string of the molecule is Cc1nc(-c2cc(Cl)ccc2Cl)nc(C#N)c1C. The van der Waals surface area contributed by atoms with Crippen molar-refractivity contribution in [3.05, 3.63) is 45.2 Å². The summed E-state index contributed by atoms with van der Waals surface area (Å²) in [5.41, 5.74) is 2.52. The van der Waals surface area contributed by atoms with Crippen molar-refractivity contribution in [2.45, 2.75) is 13.8 Å². The molecule has 0 N–H and O–H groups in total. The van der Waals surface area contributed by atoms with E-state index >= 15 is 0 Å². The average molecular weight is 278 g/mol. The van der Waals surface area contributed by atoms with Crippen LogP contribution in [0.4, 0.5) is 0 Å². The smallest absolute Gasteiger partial charge is 0.162 e. The summed E-state index contributed by atoms with van der Waals surface area (Å²) in [7, 11) is 0. The maximum absolute atomic E-state index is 9.04. The predicted octanol–water partition coefficient (Wildman–Crippen LogP) is 3.94. The van der Waals surface area contributed by atoms with Crippen molar-refractivity contribution in [3.8, 4) is 17.5 Å². The van der Waals surface area contributed by atoms with Gasteiger partial charge in [0.15, 0.2) is 5.82 Å². The normalized spacial score (nSPS) is 10.2. The predicted molar refractivity (Wildman–Crippen MR) is 71.7 cm³/mol. The molecule has 5 heteroatoms. The topological polar surface area (TPSA) is 49.6 Å². The number of nitriles is 1. The highest BCUT2D eigenvalue weighted by atomic mass is 35.5. The van der Waals surface area contributed by atoms with Gasteiger partial charge in [0.1, 0.15) is 11.8 Å².